The Morgan fingerprint density at radius 2 is 2.00 bits per heavy atom. The van der Waals surface area contributed by atoms with Crippen LogP contribution in [0.15, 0.2) is 29.9 Å². The van der Waals surface area contributed by atoms with Crippen LogP contribution in [0.1, 0.15) is 22.3 Å². The smallest absolute Gasteiger partial charge is 0.328 e. The molecule has 0 bridgehead atoms. The predicted molar refractivity (Wildman–Crippen MR) is 64.4 cm³/mol. The van der Waals surface area contributed by atoms with Crippen molar-refractivity contribution in [2.45, 2.75) is 20.3 Å². The van der Waals surface area contributed by atoms with E-state index < -0.39 is 5.97 Å². The van der Waals surface area contributed by atoms with Crippen molar-refractivity contribution < 1.29 is 9.90 Å². The minimum absolute atomic E-state index is 0.840. The van der Waals surface area contributed by atoms with Crippen molar-refractivity contribution in [3.63, 3.8) is 0 Å². The van der Waals surface area contributed by atoms with Crippen LogP contribution in [0.25, 0.3) is 6.08 Å². The Morgan fingerprint density at radius 3 is 2.62 bits per heavy atom. The molecule has 0 amide bonds. The number of hydrogen-bond donors (Lipinski definition) is 1. The first-order valence-corrected chi connectivity index (χ1v) is 5.28. The second kappa shape index (κ2) is 3.97. The SMILES string of the molecule is Cc1ccc(C)c2c1C=C(/C=C\C(=O)O)C2. The van der Waals surface area contributed by atoms with E-state index in [0.717, 1.165) is 12.0 Å². The van der Waals surface area contributed by atoms with Crippen molar-refractivity contribution in [2.75, 3.05) is 0 Å². The molecule has 1 aliphatic rings. The van der Waals surface area contributed by atoms with Crippen LogP contribution in [0, 0.1) is 13.8 Å². The van der Waals surface area contributed by atoms with Crippen LogP contribution in [-0.4, -0.2) is 11.1 Å². The molecule has 16 heavy (non-hydrogen) atoms. The van der Waals surface area contributed by atoms with Crippen molar-refractivity contribution in [1.82, 2.24) is 0 Å². The average molecular weight is 214 g/mol. The lowest BCUT2D eigenvalue weighted by molar-refractivity contribution is -0.131. The summed E-state index contributed by atoms with van der Waals surface area (Å²) in [5.41, 5.74) is 6.17. The third-order valence-electron chi connectivity index (χ3n) is 2.96. The first-order chi connectivity index (χ1) is 7.58. The zero-order valence-corrected chi connectivity index (χ0v) is 9.45. The van der Waals surface area contributed by atoms with Gasteiger partial charge in [0, 0.05) is 6.08 Å². The van der Waals surface area contributed by atoms with Crippen molar-refractivity contribution in [3.8, 4) is 0 Å². The van der Waals surface area contributed by atoms with Gasteiger partial charge in [0.2, 0.25) is 0 Å². The number of allylic oxidation sites excluding steroid dienone is 2. The van der Waals surface area contributed by atoms with E-state index in [1.807, 2.05) is 0 Å². The van der Waals surface area contributed by atoms with Crippen LogP contribution < -0.4 is 0 Å². The number of benzene rings is 1. The molecule has 1 aliphatic carbocycles. The van der Waals surface area contributed by atoms with Gasteiger partial charge < -0.3 is 5.11 Å². The molecular weight excluding hydrogens is 200 g/mol. The lowest BCUT2D eigenvalue weighted by Gasteiger charge is -2.05. The topological polar surface area (TPSA) is 37.3 Å². The predicted octanol–water partition coefficient (Wildman–Crippen LogP) is 2.88. The van der Waals surface area contributed by atoms with E-state index in [1.165, 1.54) is 28.3 Å². The number of rotatable bonds is 2. The largest absolute Gasteiger partial charge is 0.478 e. The number of fused-ring (bicyclic) bond motifs is 1. The summed E-state index contributed by atoms with van der Waals surface area (Å²) in [6, 6.07) is 4.22. The minimum atomic E-state index is -0.898. The molecule has 1 N–H and O–H groups in total. The molecule has 1 aromatic rings. The third-order valence-corrected chi connectivity index (χ3v) is 2.96. The first-order valence-electron chi connectivity index (χ1n) is 5.28. The van der Waals surface area contributed by atoms with E-state index in [1.54, 1.807) is 6.08 Å². The normalized spacial score (nSPS) is 14.0. The molecule has 0 saturated carbocycles. The van der Waals surface area contributed by atoms with E-state index in [-0.39, 0.29) is 0 Å². The standard InChI is InChI=1S/C14H14O2/c1-9-3-4-10(2)13-8-11(7-12(9)13)5-6-14(15)16/h3-7H,8H2,1-2H3,(H,15,16)/b6-5-. The van der Waals surface area contributed by atoms with Gasteiger partial charge in [-0.05, 0) is 48.1 Å². The molecule has 2 heteroatoms. The fourth-order valence-corrected chi connectivity index (χ4v) is 2.05. The van der Waals surface area contributed by atoms with Crippen LogP contribution in [0.5, 0.6) is 0 Å². The molecule has 0 radical (unpaired) electrons. The second-order valence-corrected chi connectivity index (χ2v) is 4.16. The highest BCUT2D eigenvalue weighted by molar-refractivity contribution is 5.81. The zero-order chi connectivity index (χ0) is 11.7. The maximum Gasteiger partial charge on any atom is 0.328 e. The van der Waals surface area contributed by atoms with Crippen molar-refractivity contribution >= 4 is 12.0 Å². The lowest BCUT2D eigenvalue weighted by atomic mass is 9.99. The van der Waals surface area contributed by atoms with Crippen molar-refractivity contribution in [2.24, 2.45) is 0 Å². The zero-order valence-electron chi connectivity index (χ0n) is 9.45. The van der Waals surface area contributed by atoms with Gasteiger partial charge in [0.05, 0.1) is 0 Å². The second-order valence-electron chi connectivity index (χ2n) is 4.16. The van der Waals surface area contributed by atoms with Gasteiger partial charge in [-0.2, -0.15) is 0 Å². The highest BCUT2D eigenvalue weighted by Gasteiger charge is 2.14. The third kappa shape index (κ3) is 1.91. The number of hydrogen-bond acceptors (Lipinski definition) is 1. The van der Waals surface area contributed by atoms with Gasteiger partial charge in [0.25, 0.3) is 0 Å². The summed E-state index contributed by atoms with van der Waals surface area (Å²) in [4.78, 5) is 10.4. The molecule has 0 atom stereocenters. The van der Waals surface area contributed by atoms with Gasteiger partial charge in [-0.25, -0.2) is 4.79 Å². The molecule has 2 rings (SSSR count). The first kappa shape index (κ1) is 10.7. The van der Waals surface area contributed by atoms with Crippen LogP contribution in [0.4, 0.5) is 0 Å². The van der Waals surface area contributed by atoms with Gasteiger partial charge in [0.15, 0.2) is 0 Å². The summed E-state index contributed by atoms with van der Waals surface area (Å²) >= 11 is 0. The van der Waals surface area contributed by atoms with E-state index in [9.17, 15) is 4.79 Å². The summed E-state index contributed by atoms with van der Waals surface area (Å²) < 4.78 is 0. The van der Waals surface area contributed by atoms with Crippen molar-refractivity contribution in [1.29, 1.82) is 0 Å². The quantitative estimate of drug-likeness (QED) is 0.768. The molecule has 0 fully saturated rings. The van der Waals surface area contributed by atoms with Crippen LogP contribution >= 0.6 is 0 Å². The summed E-state index contributed by atoms with van der Waals surface area (Å²) in [6.45, 7) is 4.18. The van der Waals surface area contributed by atoms with E-state index in [2.05, 4.69) is 32.1 Å². The Morgan fingerprint density at radius 1 is 1.31 bits per heavy atom. The molecule has 0 saturated heterocycles. The Balaban J connectivity index is 2.35. The molecule has 0 aromatic heterocycles. The van der Waals surface area contributed by atoms with Gasteiger partial charge in [-0.15, -0.1) is 0 Å². The fourth-order valence-electron chi connectivity index (χ4n) is 2.05. The number of carboxylic acid groups (broad SMARTS) is 1. The number of carbonyl (C=O) groups is 1. The molecule has 82 valence electrons. The molecule has 0 heterocycles. The van der Waals surface area contributed by atoms with E-state index >= 15 is 0 Å². The summed E-state index contributed by atoms with van der Waals surface area (Å²) in [5, 5.41) is 8.59. The molecule has 1 aromatic carbocycles. The Kier molecular flexibility index (Phi) is 2.65. The fraction of sp³-hybridized carbons (Fsp3) is 0.214. The monoisotopic (exact) mass is 214 g/mol. The van der Waals surface area contributed by atoms with E-state index in [4.69, 9.17) is 5.11 Å². The molecule has 0 unspecified atom stereocenters. The molecule has 0 aliphatic heterocycles. The molecule has 0 spiro atoms. The van der Waals surface area contributed by atoms with Crippen molar-refractivity contribution in [3.05, 3.63) is 52.1 Å². The van der Waals surface area contributed by atoms with Crippen LogP contribution in [0.2, 0.25) is 0 Å². The Bertz CT molecular complexity index is 508. The highest BCUT2D eigenvalue weighted by atomic mass is 16.4. The molecule has 2 nitrogen and oxygen atoms in total. The number of aliphatic carboxylic acids is 1. The van der Waals surface area contributed by atoms with Gasteiger partial charge >= 0.3 is 5.97 Å². The molecular formula is C14H14O2. The summed E-state index contributed by atoms with van der Waals surface area (Å²) in [7, 11) is 0. The Labute approximate surface area is 94.9 Å². The highest BCUT2D eigenvalue weighted by Crippen LogP contribution is 2.30. The van der Waals surface area contributed by atoms with Gasteiger partial charge in [-0.3, -0.25) is 0 Å². The van der Waals surface area contributed by atoms with Gasteiger partial charge in [-0.1, -0.05) is 24.3 Å². The van der Waals surface area contributed by atoms with Crippen LogP contribution in [0.3, 0.4) is 0 Å². The maximum atomic E-state index is 10.4. The van der Waals surface area contributed by atoms with Crippen LogP contribution in [-0.2, 0) is 11.2 Å². The Hall–Kier alpha value is -1.83. The maximum absolute atomic E-state index is 10.4. The number of carboxylic acids is 1. The van der Waals surface area contributed by atoms with Gasteiger partial charge in [0.1, 0.15) is 0 Å². The number of aryl methyl sites for hydroxylation is 2. The minimum Gasteiger partial charge on any atom is -0.478 e. The lowest BCUT2D eigenvalue weighted by Crippen LogP contribution is -1.91. The average Bonchev–Trinajstić information content (AvgIpc) is 2.66. The van der Waals surface area contributed by atoms with E-state index in [0.29, 0.717) is 0 Å². The summed E-state index contributed by atoms with van der Waals surface area (Å²) in [5.74, 6) is -0.898. The summed E-state index contributed by atoms with van der Waals surface area (Å²) in [6.07, 6.45) is 5.80.